The highest BCUT2D eigenvalue weighted by atomic mass is 35.5. The number of nitrogens with zero attached hydrogens (tertiary/aromatic N) is 2. The van der Waals surface area contributed by atoms with Gasteiger partial charge in [-0.2, -0.15) is 0 Å². The number of amides is 1. The molecule has 1 aliphatic rings. The van der Waals surface area contributed by atoms with Gasteiger partial charge in [-0.05, 0) is 25.3 Å². The third-order valence-corrected chi connectivity index (χ3v) is 4.13. The summed E-state index contributed by atoms with van der Waals surface area (Å²) in [5.41, 5.74) is -1.33. The van der Waals surface area contributed by atoms with Crippen molar-refractivity contribution < 1.29 is 19.1 Å². The van der Waals surface area contributed by atoms with Crippen LogP contribution < -0.4 is 0 Å². The van der Waals surface area contributed by atoms with E-state index in [1.807, 2.05) is 6.92 Å². The Morgan fingerprint density at radius 1 is 1.57 bits per heavy atom. The van der Waals surface area contributed by atoms with Crippen LogP contribution >= 0.6 is 11.6 Å². The second-order valence-electron chi connectivity index (χ2n) is 5.14. The van der Waals surface area contributed by atoms with Gasteiger partial charge in [-0.1, -0.05) is 24.9 Å². The SMILES string of the molecule is CCCC1(C(=O)O)CCCN1C(=O)c1cc(F)cnc1Cl. The second kappa shape index (κ2) is 5.97. The second-order valence-corrected chi connectivity index (χ2v) is 5.50. The molecule has 2 heterocycles. The van der Waals surface area contributed by atoms with Crippen molar-refractivity contribution in [3.63, 3.8) is 0 Å². The van der Waals surface area contributed by atoms with Gasteiger partial charge < -0.3 is 10.0 Å². The molecule has 1 fully saturated rings. The van der Waals surface area contributed by atoms with Gasteiger partial charge in [0.2, 0.25) is 0 Å². The number of aliphatic carboxylic acids is 1. The molecule has 5 nitrogen and oxygen atoms in total. The van der Waals surface area contributed by atoms with E-state index in [9.17, 15) is 19.1 Å². The number of carboxylic acids is 1. The number of carboxylic acid groups (broad SMARTS) is 1. The van der Waals surface area contributed by atoms with Gasteiger partial charge in [0.05, 0.1) is 11.8 Å². The molecule has 2 rings (SSSR count). The highest BCUT2D eigenvalue weighted by Crippen LogP contribution is 2.36. The maximum atomic E-state index is 13.3. The first-order valence-corrected chi connectivity index (χ1v) is 7.16. The average molecular weight is 315 g/mol. The first-order valence-electron chi connectivity index (χ1n) is 6.79. The molecule has 0 spiro atoms. The van der Waals surface area contributed by atoms with Gasteiger partial charge in [-0.3, -0.25) is 4.79 Å². The van der Waals surface area contributed by atoms with Crippen LogP contribution in [0.25, 0.3) is 0 Å². The lowest BCUT2D eigenvalue weighted by atomic mass is 9.90. The normalized spacial score (nSPS) is 21.6. The summed E-state index contributed by atoms with van der Waals surface area (Å²) in [5, 5.41) is 9.45. The fourth-order valence-corrected chi connectivity index (χ4v) is 3.08. The van der Waals surface area contributed by atoms with Crippen molar-refractivity contribution in [1.29, 1.82) is 0 Å². The Labute approximate surface area is 126 Å². The zero-order chi connectivity index (χ0) is 15.6. The molecule has 0 radical (unpaired) electrons. The third-order valence-electron chi connectivity index (χ3n) is 3.83. The molecule has 1 aromatic rings. The van der Waals surface area contributed by atoms with Gasteiger partial charge in [-0.15, -0.1) is 0 Å². The molecule has 1 amide bonds. The molecule has 21 heavy (non-hydrogen) atoms. The first kappa shape index (κ1) is 15.7. The lowest BCUT2D eigenvalue weighted by Gasteiger charge is -2.34. The Morgan fingerprint density at radius 2 is 2.29 bits per heavy atom. The molecule has 114 valence electrons. The van der Waals surface area contributed by atoms with Crippen molar-refractivity contribution in [2.75, 3.05) is 6.54 Å². The quantitative estimate of drug-likeness (QED) is 0.867. The molecule has 1 aromatic heterocycles. The number of hydrogen-bond donors (Lipinski definition) is 1. The van der Waals surface area contributed by atoms with Crippen LogP contribution in [0.1, 0.15) is 43.0 Å². The summed E-state index contributed by atoms with van der Waals surface area (Å²) in [7, 11) is 0. The van der Waals surface area contributed by atoms with E-state index in [4.69, 9.17) is 11.6 Å². The molecular weight excluding hydrogens is 299 g/mol. The van der Waals surface area contributed by atoms with E-state index in [0.29, 0.717) is 32.2 Å². The Balaban J connectivity index is 2.41. The fraction of sp³-hybridized carbons (Fsp3) is 0.500. The molecule has 1 atom stereocenters. The van der Waals surface area contributed by atoms with Gasteiger partial charge in [0.1, 0.15) is 16.5 Å². The van der Waals surface area contributed by atoms with Gasteiger partial charge >= 0.3 is 5.97 Å². The van der Waals surface area contributed by atoms with Gasteiger partial charge in [0, 0.05) is 6.54 Å². The Hall–Kier alpha value is -1.69. The van der Waals surface area contributed by atoms with Crippen LogP contribution in [-0.4, -0.2) is 39.0 Å². The summed E-state index contributed by atoms with van der Waals surface area (Å²) in [4.78, 5) is 29.2. The molecule has 1 N–H and O–H groups in total. The summed E-state index contributed by atoms with van der Waals surface area (Å²) in [5.74, 6) is -2.30. The minimum Gasteiger partial charge on any atom is -0.479 e. The highest BCUT2D eigenvalue weighted by molar-refractivity contribution is 6.32. The van der Waals surface area contributed by atoms with E-state index < -0.39 is 23.2 Å². The maximum Gasteiger partial charge on any atom is 0.329 e. The molecule has 0 bridgehead atoms. The Morgan fingerprint density at radius 3 is 2.90 bits per heavy atom. The molecule has 7 heteroatoms. The van der Waals surface area contributed by atoms with Crippen molar-refractivity contribution in [2.45, 2.75) is 38.1 Å². The van der Waals surface area contributed by atoms with Crippen LogP contribution in [-0.2, 0) is 4.79 Å². The number of halogens is 2. The maximum absolute atomic E-state index is 13.3. The minimum absolute atomic E-state index is 0.0969. The Bertz CT molecular complexity index is 581. The molecule has 0 saturated carbocycles. The predicted molar refractivity (Wildman–Crippen MR) is 74.8 cm³/mol. The Kier molecular flexibility index (Phi) is 4.46. The molecule has 1 saturated heterocycles. The van der Waals surface area contributed by atoms with Gasteiger partial charge in [0.15, 0.2) is 0 Å². The molecule has 0 aliphatic carbocycles. The predicted octanol–water partition coefficient (Wildman–Crippen LogP) is 2.73. The van der Waals surface area contributed by atoms with Crippen molar-refractivity contribution in [2.24, 2.45) is 0 Å². The van der Waals surface area contributed by atoms with Crippen molar-refractivity contribution >= 4 is 23.5 Å². The zero-order valence-electron chi connectivity index (χ0n) is 11.6. The number of carbonyl (C=O) groups is 2. The van der Waals surface area contributed by atoms with Crippen molar-refractivity contribution in [1.82, 2.24) is 9.88 Å². The number of pyridine rings is 1. The van der Waals surface area contributed by atoms with E-state index in [1.165, 1.54) is 4.90 Å². The van der Waals surface area contributed by atoms with E-state index >= 15 is 0 Å². The third kappa shape index (κ3) is 2.72. The number of carbonyl (C=O) groups excluding carboxylic acids is 1. The summed E-state index contributed by atoms with van der Waals surface area (Å²) in [6.07, 6.45) is 2.89. The molecule has 0 aromatic carbocycles. The van der Waals surface area contributed by atoms with E-state index in [0.717, 1.165) is 12.3 Å². The van der Waals surface area contributed by atoms with Crippen LogP contribution in [0.15, 0.2) is 12.3 Å². The molecule has 1 aliphatic heterocycles. The summed E-state index contributed by atoms with van der Waals surface area (Å²) < 4.78 is 13.3. The summed E-state index contributed by atoms with van der Waals surface area (Å²) in [6.45, 7) is 2.18. The lowest BCUT2D eigenvalue weighted by molar-refractivity contribution is -0.148. The fourth-order valence-electron chi connectivity index (χ4n) is 2.90. The van der Waals surface area contributed by atoms with Crippen LogP contribution in [0.5, 0.6) is 0 Å². The van der Waals surface area contributed by atoms with E-state index in [-0.39, 0.29) is 10.7 Å². The van der Waals surface area contributed by atoms with Crippen LogP contribution in [0.4, 0.5) is 4.39 Å². The molecule has 1 unspecified atom stereocenters. The van der Waals surface area contributed by atoms with Crippen LogP contribution in [0.3, 0.4) is 0 Å². The standard InChI is InChI=1S/C14H16ClFN2O3/c1-2-4-14(13(20)21)5-3-6-18(14)12(19)10-7-9(16)8-17-11(10)15/h7-8H,2-6H2,1H3,(H,20,21). The smallest absolute Gasteiger partial charge is 0.329 e. The topological polar surface area (TPSA) is 70.5 Å². The van der Waals surface area contributed by atoms with Gasteiger partial charge in [-0.25, -0.2) is 14.2 Å². The summed E-state index contributed by atoms with van der Waals surface area (Å²) >= 11 is 5.85. The van der Waals surface area contributed by atoms with Gasteiger partial charge in [0.25, 0.3) is 5.91 Å². The number of hydrogen-bond acceptors (Lipinski definition) is 3. The highest BCUT2D eigenvalue weighted by Gasteiger charge is 2.49. The number of likely N-dealkylation sites (tertiary alicyclic amines) is 1. The lowest BCUT2D eigenvalue weighted by Crippen LogP contribution is -2.53. The number of rotatable bonds is 4. The zero-order valence-corrected chi connectivity index (χ0v) is 12.4. The van der Waals surface area contributed by atoms with Crippen molar-refractivity contribution in [3.05, 3.63) is 28.8 Å². The average Bonchev–Trinajstić information content (AvgIpc) is 2.86. The van der Waals surface area contributed by atoms with Crippen LogP contribution in [0, 0.1) is 5.82 Å². The van der Waals surface area contributed by atoms with E-state index in [2.05, 4.69) is 4.98 Å². The van der Waals surface area contributed by atoms with Crippen LogP contribution in [0.2, 0.25) is 5.15 Å². The number of aromatic nitrogens is 1. The minimum atomic E-state index is -1.23. The van der Waals surface area contributed by atoms with E-state index in [1.54, 1.807) is 0 Å². The first-order chi connectivity index (χ1) is 9.92. The molecular formula is C14H16ClFN2O3. The summed E-state index contributed by atoms with van der Waals surface area (Å²) in [6, 6.07) is 0.995. The van der Waals surface area contributed by atoms with Crippen molar-refractivity contribution in [3.8, 4) is 0 Å². The monoisotopic (exact) mass is 314 g/mol. The largest absolute Gasteiger partial charge is 0.479 e.